The summed E-state index contributed by atoms with van der Waals surface area (Å²) in [6, 6.07) is 8.26. The molecule has 1 aliphatic heterocycles. The first-order valence-electron chi connectivity index (χ1n) is 7.05. The van der Waals surface area contributed by atoms with E-state index >= 15 is 0 Å². The molecule has 19 heavy (non-hydrogen) atoms. The van der Waals surface area contributed by atoms with Crippen LogP contribution in [0, 0.1) is 5.92 Å². The number of benzene rings is 1. The molecule has 0 bridgehead atoms. The fraction of sp³-hybridized carbons (Fsp3) is 0.438. The minimum absolute atomic E-state index is 0.163. The lowest BCUT2D eigenvalue weighted by Gasteiger charge is -2.38. The van der Waals surface area contributed by atoms with Gasteiger partial charge < -0.3 is 9.88 Å². The average molecular weight is 256 g/mol. The van der Waals surface area contributed by atoms with E-state index in [-0.39, 0.29) is 5.91 Å². The number of hydrogen-bond acceptors (Lipinski definition) is 1. The van der Waals surface area contributed by atoms with Gasteiger partial charge in [0.25, 0.3) is 5.91 Å². The third-order valence-electron chi connectivity index (χ3n) is 4.44. The Hall–Kier alpha value is -1.77. The first-order valence-corrected chi connectivity index (χ1v) is 7.05. The molecule has 1 N–H and O–H groups in total. The van der Waals surface area contributed by atoms with Crippen LogP contribution in [-0.4, -0.2) is 28.4 Å². The smallest absolute Gasteiger partial charge is 0.254 e. The minimum atomic E-state index is 0.163. The average Bonchev–Trinajstić information content (AvgIpc) is 2.88. The second-order valence-electron chi connectivity index (χ2n) is 5.64. The molecule has 100 valence electrons. The molecule has 1 aromatic heterocycles. The molecule has 1 amide bonds. The van der Waals surface area contributed by atoms with E-state index in [4.69, 9.17) is 0 Å². The van der Waals surface area contributed by atoms with Crippen LogP contribution in [0.15, 0.2) is 30.5 Å². The summed E-state index contributed by atoms with van der Waals surface area (Å²) in [5.74, 6) is 0.752. The van der Waals surface area contributed by atoms with Crippen molar-refractivity contribution in [2.24, 2.45) is 5.92 Å². The lowest BCUT2D eigenvalue weighted by atomic mass is 9.91. The molecule has 2 heterocycles. The van der Waals surface area contributed by atoms with Gasteiger partial charge >= 0.3 is 0 Å². The van der Waals surface area contributed by atoms with Crippen molar-refractivity contribution in [3.63, 3.8) is 0 Å². The van der Waals surface area contributed by atoms with E-state index in [1.165, 1.54) is 6.42 Å². The molecule has 3 heteroatoms. The molecular formula is C16H20N2O. The van der Waals surface area contributed by atoms with Crippen LogP contribution < -0.4 is 0 Å². The van der Waals surface area contributed by atoms with Crippen LogP contribution in [-0.2, 0) is 0 Å². The van der Waals surface area contributed by atoms with Crippen molar-refractivity contribution in [2.45, 2.75) is 32.7 Å². The highest BCUT2D eigenvalue weighted by Gasteiger charge is 2.28. The first-order chi connectivity index (χ1) is 9.16. The SMILES string of the molecule is CC1CCCN(C(=O)c2ccc3cc[nH]c3c2)C1C. The monoisotopic (exact) mass is 256 g/mol. The topological polar surface area (TPSA) is 36.1 Å². The predicted octanol–water partition coefficient (Wildman–Crippen LogP) is 3.43. The number of nitrogens with one attached hydrogen (secondary N) is 1. The third-order valence-corrected chi connectivity index (χ3v) is 4.44. The van der Waals surface area contributed by atoms with Gasteiger partial charge in [-0.1, -0.05) is 13.0 Å². The maximum atomic E-state index is 12.6. The van der Waals surface area contributed by atoms with Crippen molar-refractivity contribution >= 4 is 16.8 Å². The van der Waals surface area contributed by atoms with Crippen LogP contribution in [0.3, 0.4) is 0 Å². The van der Waals surface area contributed by atoms with E-state index in [9.17, 15) is 4.79 Å². The maximum Gasteiger partial charge on any atom is 0.254 e. The summed E-state index contributed by atoms with van der Waals surface area (Å²) in [6.07, 6.45) is 4.24. The summed E-state index contributed by atoms with van der Waals surface area (Å²) in [5.41, 5.74) is 1.82. The Kier molecular flexibility index (Phi) is 3.05. The summed E-state index contributed by atoms with van der Waals surface area (Å²) in [7, 11) is 0. The quantitative estimate of drug-likeness (QED) is 0.833. The number of nitrogens with zero attached hydrogens (tertiary/aromatic N) is 1. The summed E-state index contributed by atoms with van der Waals surface area (Å²) in [5, 5.41) is 1.15. The Morgan fingerprint density at radius 2 is 2.16 bits per heavy atom. The molecular weight excluding hydrogens is 236 g/mol. The Labute approximate surface area is 113 Å². The molecule has 1 fully saturated rings. The Bertz CT molecular complexity index is 602. The standard InChI is InChI=1S/C16H20N2O/c1-11-4-3-9-18(12(11)2)16(19)14-6-5-13-7-8-17-15(13)10-14/h5-8,10-12,17H,3-4,9H2,1-2H3. The van der Waals surface area contributed by atoms with E-state index < -0.39 is 0 Å². The highest BCUT2D eigenvalue weighted by Crippen LogP contribution is 2.25. The number of carbonyl (C=O) groups is 1. The summed E-state index contributed by atoms with van der Waals surface area (Å²) >= 11 is 0. The van der Waals surface area contributed by atoms with Crippen molar-refractivity contribution in [1.82, 2.24) is 9.88 Å². The highest BCUT2D eigenvalue weighted by molar-refractivity contribution is 5.98. The number of fused-ring (bicyclic) bond motifs is 1. The van der Waals surface area contributed by atoms with Crippen LogP contribution in [0.1, 0.15) is 37.0 Å². The molecule has 2 aromatic rings. The van der Waals surface area contributed by atoms with Crippen LogP contribution in [0.25, 0.3) is 10.9 Å². The van der Waals surface area contributed by atoms with Gasteiger partial charge in [0.2, 0.25) is 0 Å². The Morgan fingerprint density at radius 3 is 3.00 bits per heavy atom. The summed E-state index contributed by atoms with van der Waals surface area (Å²) in [4.78, 5) is 17.8. The zero-order valence-electron chi connectivity index (χ0n) is 11.5. The van der Waals surface area contributed by atoms with Crippen molar-refractivity contribution in [3.05, 3.63) is 36.0 Å². The fourth-order valence-corrected chi connectivity index (χ4v) is 2.97. The van der Waals surface area contributed by atoms with Gasteiger partial charge in [0.1, 0.15) is 0 Å². The number of carbonyl (C=O) groups excluding carboxylic acids is 1. The Morgan fingerprint density at radius 1 is 1.32 bits per heavy atom. The molecule has 2 atom stereocenters. The molecule has 1 aromatic carbocycles. The lowest BCUT2D eigenvalue weighted by Crippen LogP contribution is -2.46. The van der Waals surface area contributed by atoms with Gasteiger partial charge in [0.15, 0.2) is 0 Å². The van der Waals surface area contributed by atoms with E-state index in [1.54, 1.807) is 0 Å². The van der Waals surface area contributed by atoms with Crippen LogP contribution in [0.5, 0.6) is 0 Å². The number of hydrogen-bond donors (Lipinski definition) is 1. The zero-order chi connectivity index (χ0) is 13.4. The third kappa shape index (κ3) is 2.14. The van der Waals surface area contributed by atoms with Gasteiger partial charge in [0.05, 0.1) is 0 Å². The van der Waals surface area contributed by atoms with Crippen LogP contribution in [0.4, 0.5) is 0 Å². The van der Waals surface area contributed by atoms with Crippen molar-refractivity contribution < 1.29 is 4.79 Å². The van der Waals surface area contributed by atoms with Crippen LogP contribution in [0.2, 0.25) is 0 Å². The minimum Gasteiger partial charge on any atom is -0.361 e. The molecule has 1 saturated heterocycles. The summed E-state index contributed by atoms with van der Waals surface area (Å²) in [6.45, 7) is 5.28. The number of rotatable bonds is 1. The number of amides is 1. The van der Waals surface area contributed by atoms with Crippen molar-refractivity contribution in [1.29, 1.82) is 0 Å². The number of aromatic amines is 1. The molecule has 3 rings (SSSR count). The predicted molar refractivity (Wildman–Crippen MR) is 77.2 cm³/mol. The second kappa shape index (κ2) is 4.72. The van der Waals surface area contributed by atoms with Crippen molar-refractivity contribution in [3.8, 4) is 0 Å². The van der Waals surface area contributed by atoms with Gasteiger partial charge in [0, 0.05) is 29.9 Å². The Balaban J connectivity index is 1.90. The number of aromatic nitrogens is 1. The number of likely N-dealkylation sites (tertiary alicyclic amines) is 1. The van der Waals surface area contributed by atoms with Crippen LogP contribution >= 0.6 is 0 Å². The number of H-pyrrole nitrogens is 1. The first kappa shape index (κ1) is 12.3. The molecule has 3 nitrogen and oxygen atoms in total. The van der Waals surface area contributed by atoms with E-state index in [1.807, 2.05) is 35.4 Å². The molecule has 0 spiro atoms. The van der Waals surface area contributed by atoms with Crippen molar-refractivity contribution in [2.75, 3.05) is 6.54 Å². The van der Waals surface area contributed by atoms with Gasteiger partial charge in [-0.05, 0) is 49.3 Å². The molecule has 0 saturated carbocycles. The largest absolute Gasteiger partial charge is 0.361 e. The molecule has 1 aliphatic rings. The normalized spacial score (nSPS) is 23.8. The highest BCUT2D eigenvalue weighted by atomic mass is 16.2. The van der Waals surface area contributed by atoms with E-state index in [0.717, 1.165) is 29.4 Å². The lowest BCUT2D eigenvalue weighted by molar-refractivity contribution is 0.0551. The number of piperidine rings is 1. The maximum absolute atomic E-state index is 12.6. The summed E-state index contributed by atoms with van der Waals surface area (Å²) < 4.78 is 0. The van der Waals surface area contributed by atoms with Gasteiger partial charge in [-0.15, -0.1) is 0 Å². The van der Waals surface area contributed by atoms with E-state index in [0.29, 0.717) is 12.0 Å². The molecule has 2 unspecified atom stereocenters. The van der Waals surface area contributed by atoms with E-state index in [2.05, 4.69) is 18.8 Å². The van der Waals surface area contributed by atoms with Gasteiger partial charge in [-0.25, -0.2) is 0 Å². The molecule has 0 radical (unpaired) electrons. The zero-order valence-corrected chi connectivity index (χ0v) is 11.5. The van der Waals surface area contributed by atoms with Gasteiger partial charge in [-0.3, -0.25) is 4.79 Å². The fourth-order valence-electron chi connectivity index (χ4n) is 2.97. The molecule has 0 aliphatic carbocycles. The van der Waals surface area contributed by atoms with Gasteiger partial charge in [-0.2, -0.15) is 0 Å². The second-order valence-corrected chi connectivity index (χ2v) is 5.64.